The molecule has 0 spiro atoms. The summed E-state index contributed by atoms with van der Waals surface area (Å²) in [5.74, 6) is 0. The number of hydrogen-bond donors (Lipinski definition) is 0. The molecule has 128 valence electrons. The van der Waals surface area contributed by atoms with E-state index in [1.807, 2.05) is 13.8 Å². The lowest BCUT2D eigenvalue weighted by Gasteiger charge is -2.32. The van der Waals surface area contributed by atoms with Crippen molar-refractivity contribution >= 4 is 0 Å². The van der Waals surface area contributed by atoms with Gasteiger partial charge in [-0.15, -0.1) is 0 Å². The molecule has 0 aliphatic heterocycles. The van der Waals surface area contributed by atoms with Gasteiger partial charge in [-0.05, 0) is 53.9 Å². The van der Waals surface area contributed by atoms with Crippen molar-refractivity contribution in [2.24, 2.45) is 0 Å². The van der Waals surface area contributed by atoms with Crippen LogP contribution in [-0.4, -0.2) is 61.0 Å². The minimum atomic E-state index is -0.292. The van der Waals surface area contributed by atoms with Crippen LogP contribution in [0.3, 0.4) is 0 Å². The Labute approximate surface area is 131 Å². The van der Waals surface area contributed by atoms with Gasteiger partial charge in [0.2, 0.25) is 0 Å². The molecule has 0 fully saturated rings. The zero-order valence-electron chi connectivity index (χ0n) is 15.3. The summed E-state index contributed by atoms with van der Waals surface area (Å²) in [5.41, 5.74) is 0. The average molecular weight is 304 g/mol. The first-order valence-electron chi connectivity index (χ1n) is 8.33. The Morgan fingerprint density at radius 3 is 1.10 bits per heavy atom. The van der Waals surface area contributed by atoms with Crippen LogP contribution >= 0.6 is 0 Å². The van der Waals surface area contributed by atoms with Crippen molar-refractivity contribution in [3.8, 4) is 0 Å². The Balaban J connectivity index is 4.17. The molecule has 0 rings (SSSR count). The molecule has 0 saturated heterocycles. The topological polar surface area (TPSA) is 34.2 Å². The zero-order chi connectivity index (χ0) is 16.4. The second-order valence-corrected chi connectivity index (χ2v) is 5.18. The second-order valence-electron chi connectivity index (χ2n) is 5.18. The fraction of sp³-hybridized carbons (Fsp3) is 1.00. The molecule has 21 heavy (non-hydrogen) atoms. The summed E-state index contributed by atoms with van der Waals surface area (Å²) < 4.78 is 17.5. The van der Waals surface area contributed by atoms with E-state index in [2.05, 4.69) is 51.3 Å². The molecule has 0 aromatic rings. The van der Waals surface area contributed by atoms with Gasteiger partial charge in [0.05, 0.1) is 0 Å². The molecular weight excluding hydrogens is 268 g/mol. The maximum atomic E-state index is 5.87. The van der Waals surface area contributed by atoms with Gasteiger partial charge in [-0.1, -0.05) is 27.7 Å². The van der Waals surface area contributed by atoms with Crippen LogP contribution in [0.25, 0.3) is 0 Å². The van der Waals surface area contributed by atoms with E-state index in [1.54, 1.807) is 0 Å². The monoisotopic (exact) mass is 304 g/mol. The van der Waals surface area contributed by atoms with Crippen LogP contribution in [0.15, 0.2) is 0 Å². The molecule has 0 aromatic heterocycles. The minimum Gasteiger partial charge on any atom is -0.335 e. The van der Waals surface area contributed by atoms with Gasteiger partial charge in [0.25, 0.3) is 0 Å². The third-order valence-corrected chi connectivity index (χ3v) is 3.81. The van der Waals surface area contributed by atoms with E-state index in [1.165, 1.54) is 0 Å². The number of rotatable bonds is 12. The summed E-state index contributed by atoms with van der Waals surface area (Å²) in [5, 5.41) is 0. The van der Waals surface area contributed by atoms with Gasteiger partial charge in [-0.2, -0.15) is 0 Å². The quantitative estimate of drug-likeness (QED) is 0.518. The van der Waals surface area contributed by atoms with Crippen LogP contribution in [0, 0.1) is 0 Å². The molecule has 0 amide bonds. The molecule has 5 heteroatoms. The molecule has 0 aliphatic carbocycles. The van der Waals surface area contributed by atoms with Gasteiger partial charge in [0.15, 0.2) is 12.6 Å². The summed E-state index contributed by atoms with van der Waals surface area (Å²) in [6.07, 6.45) is -0.496. The summed E-state index contributed by atoms with van der Waals surface area (Å²) in [7, 11) is 0. The highest BCUT2D eigenvalue weighted by Gasteiger charge is 2.19. The lowest BCUT2D eigenvalue weighted by atomic mass is 10.4. The predicted molar refractivity (Wildman–Crippen MR) is 86.9 cm³/mol. The smallest absolute Gasteiger partial charge is 0.160 e. The summed E-state index contributed by atoms with van der Waals surface area (Å²) in [4.78, 5) is 4.48. The Morgan fingerprint density at radius 2 is 0.857 bits per heavy atom. The third-order valence-electron chi connectivity index (χ3n) is 3.81. The van der Waals surface area contributed by atoms with Gasteiger partial charge in [-0.25, -0.2) is 0 Å². The SMILES string of the molecule is CCN(CC)C(C)OC(C)OC(C)OC(C)N(CC)CC. The highest BCUT2D eigenvalue weighted by Crippen LogP contribution is 2.11. The average Bonchev–Trinajstić information content (AvgIpc) is 2.40. The van der Waals surface area contributed by atoms with Crippen molar-refractivity contribution in [1.29, 1.82) is 0 Å². The van der Waals surface area contributed by atoms with Gasteiger partial charge in [-0.3, -0.25) is 9.80 Å². The maximum absolute atomic E-state index is 5.87. The van der Waals surface area contributed by atoms with E-state index in [-0.39, 0.29) is 25.0 Å². The first-order chi connectivity index (χ1) is 9.89. The minimum absolute atomic E-state index is 0.0439. The molecule has 5 nitrogen and oxygen atoms in total. The van der Waals surface area contributed by atoms with Crippen LogP contribution in [0.1, 0.15) is 55.4 Å². The summed E-state index contributed by atoms with van der Waals surface area (Å²) in [6, 6.07) is 0. The van der Waals surface area contributed by atoms with Crippen LogP contribution in [0.4, 0.5) is 0 Å². The Morgan fingerprint density at radius 1 is 0.571 bits per heavy atom. The van der Waals surface area contributed by atoms with Crippen molar-refractivity contribution in [3.05, 3.63) is 0 Å². The molecule has 0 heterocycles. The third kappa shape index (κ3) is 8.12. The molecule has 4 unspecified atom stereocenters. The van der Waals surface area contributed by atoms with Crippen LogP contribution in [0.2, 0.25) is 0 Å². The molecule has 0 bridgehead atoms. The second kappa shape index (κ2) is 11.4. The number of ether oxygens (including phenoxy) is 3. The van der Waals surface area contributed by atoms with Gasteiger partial charge >= 0.3 is 0 Å². The fourth-order valence-corrected chi connectivity index (χ4v) is 2.54. The standard InChI is InChI=1S/C16H36N2O3/c1-9-17(10-2)13(5)19-15(7)21-16(8)20-14(6)18(11-3)12-4/h13-16H,9-12H2,1-8H3. The van der Waals surface area contributed by atoms with E-state index in [9.17, 15) is 0 Å². The largest absolute Gasteiger partial charge is 0.335 e. The van der Waals surface area contributed by atoms with Crippen LogP contribution in [-0.2, 0) is 14.2 Å². The van der Waals surface area contributed by atoms with Gasteiger partial charge in [0, 0.05) is 0 Å². The Hall–Kier alpha value is -0.200. The Bertz CT molecular complexity index is 222. The molecular formula is C16H36N2O3. The van der Waals surface area contributed by atoms with E-state index in [0.717, 1.165) is 26.2 Å². The first-order valence-corrected chi connectivity index (χ1v) is 8.33. The van der Waals surface area contributed by atoms with Crippen molar-refractivity contribution in [2.75, 3.05) is 26.2 Å². The van der Waals surface area contributed by atoms with Crippen molar-refractivity contribution in [1.82, 2.24) is 9.80 Å². The van der Waals surface area contributed by atoms with Gasteiger partial charge in [0.1, 0.15) is 12.5 Å². The van der Waals surface area contributed by atoms with Crippen LogP contribution < -0.4 is 0 Å². The number of nitrogens with zero attached hydrogens (tertiary/aromatic N) is 2. The Kier molecular flexibility index (Phi) is 11.3. The van der Waals surface area contributed by atoms with E-state index in [4.69, 9.17) is 14.2 Å². The van der Waals surface area contributed by atoms with Crippen molar-refractivity contribution in [3.63, 3.8) is 0 Å². The normalized spacial score (nSPS) is 18.0. The van der Waals surface area contributed by atoms with E-state index < -0.39 is 0 Å². The molecule has 0 radical (unpaired) electrons. The van der Waals surface area contributed by atoms with Crippen LogP contribution in [0.5, 0.6) is 0 Å². The highest BCUT2D eigenvalue weighted by molar-refractivity contribution is 4.56. The van der Waals surface area contributed by atoms with E-state index in [0.29, 0.717) is 0 Å². The fourth-order valence-electron chi connectivity index (χ4n) is 2.54. The molecule has 4 atom stereocenters. The lowest BCUT2D eigenvalue weighted by molar-refractivity contribution is -0.278. The lowest BCUT2D eigenvalue weighted by Crippen LogP contribution is -2.40. The summed E-state index contributed by atoms with van der Waals surface area (Å²) >= 11 is 0. The highest BCUT2D eigenvalue weighted by atomic mass is 16.8. The molecule has 0 aromatic carbocycles. The molecule has 0 saturated carbocycles. The molecule has 0 aliphatic rings. The van der Waals surface area contributed by atoms with Crippen molar-refractivity contribution in [2.45, 2.75) is 80.4 Å². The molecule has 0 N–H and O–H groups in total. The summed E-state index contributed by atoms with van der Waals surface area (Å²) in [6.45, 7) is 20.3. The predicted octanol–water partition coefficient (Wildman–Crippen LogP) is 3.10. The number of hydrogen-bond acceptors (Lipinski definition) is 5. The zero-order valence-corrected chi connectivity index (χ0v) is 15.3. The van der Waals surface area contributed by atoms with Gasteiger partial charge < -0.3 is 14.2 Å². The van der Waals surface area contributed by atoms with E-state index >= 15 is 0 Å². The first kappa shape index (κ1) is 20.8. The van der Waals surface area contributed by atoms with Crippen molar-refractivity contribution < 1.29 is 14.2 Å². The maximum Gasteiger partial charge on any atom is 0.160 e.